The van der Waals surface area contributed by atoms with E-state index in [2.05, 4.69) is 6.07 Å². The number of allylic oxidation sites excluding steroid dienone is 1. The van der Waals surface area contributed by atoms with E-state index in [4.69, 9.17) is 9.90 Å². The van der Waals surface area contributed by atoms with Crippen LogP contribution in [0.4, 0.5) is 0 Å². The van der Waals surface area contributed by atoms with Crippen molar-refractivity contribution < 1.29 is 14.7 Å². The van der Waals surface area contributed by atoms with Gasteiger partial charge in [-0.05, 0) is 24.0 Å². The van der Waals surface area contributed by atoms with E-state index in [1.54, 1.807) is 0 Å². The van der Waals surface area contributed by atoms with E-state index < -0.39 is 5.97 Å². The number of hydrogen-bond acceptors (Lipinski definition) is 2. The number of benzene rings is 1. The summed E-state index contributed by atoms with van der Waals surface area (Å²) in [6, 6.07) is 8.02. The summed E-state index contributed by atoms with van der Waals surface area (Å²) in [6.07, 6.45) is 1.86. The zero-order chi connectivity index (χ0) is 11.3. The van der Waals surface area contributed by atoms with Crippen LogP contribution in [0.15, 0.2) is 24.3 Å². The summed E-state index contributed by atoms with van der Waals surface area (Å²) < 4.78 is 0. The first-order chi connectivity index (χ1) is 7.15. The second kappa shape index (κ2) is 5.13. The van der Waals surface area contributed by atoms with Crippen LogP contribution >= 0.6 is 0 Å². The van der Waals surface area contributed by atoms with Gasteiger partial charge in [0.15, 0.2) is 0 Å². The molecule has 0 aromatic heterocycles. The minimum absolute atomic E-state index is 0.833. The summed E-state index contributed by atoms with van der Waals surface area (Å²) in [5.74, 6) is 1.15. The molecule has 0 radical (unpaired) electrons. The standard InChI is InChI=1S/C10H8O.C2H4O2/c11-7-9-6-5-8-3-1-2-4-10(8)9;1-2(3)4/h1-4H,5-6H2;1H3,(H,3,4). The molecule has 0 fully saturated rings. The van der Waals surface area contributed by atoms with Crippen molar-refractivity contribution in [2.45, 2.75) is 19.8 Å². The molecule has 1 aromatic rings. The molecular formula is C12H12O3. The Hall–Kier alpha value is -1.86. The average molecular weight is 204 g/mol. The Bertz CT molecular complexity index is 411. The molecule has 1 N–H and O–H groups in total. The molecule has 0 spiro atoms. The van der Waals surface area contributed by atoms with Gasteiger partial charge in [-0.2, -0.15) is 0 Å². The number of carbonyl (C=O) groups excluding carboxylic acids is 1. The van der Waals surface area contributed by atoms with Crippen LogP contribution < -0.4 is 0 Å². The summed E-state index contributed by atoms with van der Waals surface area (Å²) >= 11 is 0. The number of hydrogen-bond donors (Lipinski definition) is 1. The zero-order valence-corrected chi connectivity index (χ0v) is 8.49. The smallest absolute Gasteiger partial charge is 0.300 e. The van der Waals surface area contributed by atoms with Crippen molar-refractivity contribution in [3.63, 3.8) is 0 Å². The van der Waals surface area contributed by atoms with Gasteiger partial charge in [-0.1, -0.05) is 24.3 Å². The lowest BCUT2D eigenvalue weighted by atomic mass is 10.1. The highest BCUT2D eigenvalue weighted by atomic mass is 16.4. The fourth-order valence-electron chi connectivity index (χ4n) is 1.53. The van der Waals surface area contributed by atoms with Gasteiger partial charge in [-0.25, -0.2) is 4.79 Å². The number of carboxylic acid groups (broad SMARTS) is 1. The van der Waals surface area contributed by atoms with Crippen LogP contribution in [0.2, 0.25) is 0 Å². The predicted octanol–water partition coefficient (Wildman–Crippen LogP) is 1.94. The van der Waals surface area contributed by atoms with Gasteiger partial charge < -0.3 is 5.11 Å². The van der Waals surface area contributed by atoms with Crippen LogP contribution in [0, 0.1) is 0 Å². The largest absolute Gasteiger partial charge is 0.481 e. The van der Waals surface area contributed by atoms with Crippen molar-refractivity contribution in [1.82, 2.24) is 0 Å². The predicted molar refractivity (Wildman–Crippen MR) is 57.2 cm³/mol. The van der Waals surface area contributed by atoms with Crippen molar-refractivity contribution in [3.8, 4) is 0 Å². The summed E-state index contributed by atoms with van der Waals surface area (Å²) in [5.41, 5.74) is 3.22. The molecule has 0 amide bonds. The second-order valence-electron chi connectivity index (χ2n) is 3.26. The number of fused-ring (bicyclic) bond motifs is 1. The maximum absolute atomic E-state index is 10.4. The minimum atomic E-state index is -0.833. The first-order valence-corrected chi connectivity index (χ1v) is 4.67. The highest BCUT2D eigenvalue weighted by Crippen LogP contribution is 2.29. The molecule has 15 heavy (non-hydrogen) atoms. The lowest BCUT2D eigenvalue weighted by Gasteiger charge is -1.93. The molecule has 3 heteroatoms. The van der Waals surface area contributed by atoms with Gasteiger partial charge in [0, 0.05) is 12.5 Å². The molecule has 1 aromatic carbocycles. The van der Waals surface area contributed by atoms with Gasteiger partial charge in [0.1, 0.15) is 5.94 Å². The summed E-state index contributed by atoms with van der Waals surface area (Å²) in [5, 5.41) is 7.42. The lowest BCUT2D eigenvalue weighted by Crippen LogP contribution is -1.78. The first kappa shape index (κ1) is 11.2. The van der Waals surface area contributed by atoms with E-state index in [0.29, 0.717) is 0 Å². The Morgan fingerprint density at radius 1 is 1.33 bits per heavy atom. The SMILES string of the molecule is CC(=O)O.O=C=C1CCc2ccccc21. The molecule has 3 nitrogen and oxygen atoms in total. The van der Waals surface area contributed by atoms with E-state index in [-0.39, 0.29) is 0 Å². The van der Waals surface area contributed by atoms with Crippen molar-refractivity contribution in [2.24, 2.45) is 0 Å². The first-order valence-electron chi connectivity index (χ1n) is 4.67. The van der Waals surface area contributed by atoms with Crippen molar-refractivity contribution in [3.05, 3.63) is 35.4 Å². The molecule has 0 bridgehead atoms. The number of carbonyl (C=O) groups is 1. The maximum atomic E-state index is 10.4. The molecule has 2 rings (SSSR count). The topological polar surface area (TPSA) is 54.4 Å². The van der Waals surface area contributed by atoms with E-state index in [1.807, 2.05) is 24.1 Å². The highest BCUT2D eigenvalue weighted by Gasteiger charge is 2.15. The van der Waals surface area contributed by atoms with Gasteiger partial charge in [0.25, 0.3) is 5.97 Å². The van der Waals surface area contributed by atoms with Crippen LogP contribution in [0.5, 0.6) is 0 Å². The average Bonchev–Trinajstić information content (AvgIpc) is 2.59. The van der Waals surface area contributed by atoms with Crippen LogP contribution in [0.25, 0.3) is 5.57 Å². The third-order valence-corrected chi connectivity index (χ3v) is 2.11. The molecule has 0 heterocycles. The van der Waals surface area contributed by atoms with Gasteiger partial charge in [-0.15, -0.1) is 0 Å². The lowest BCUT2D eigenvalue weighted by molar-refractivity contribution is -0.134. The Morgan fingerprint density at radius 3 is 2.53 bits per heavy atom. The van der Waals surface area contributed by atoms with E-state index in [1.165, 1.54) is 5.56 Å². The number of carboxylic acids is 1. The molecular weight excluding hydrogens is 192 g/mol. The normalized spacial score (nSPS) is 12.2. The van der Waals surface area contributed by atoms with Crippen LogP contribution in [-0.2, 0) is 16.0 Å². The summed E-state index contributed by atoms with van der Waals surface area (Å²) in [7, 11) is 0. The van der Waals surface area contributed by atoms with Crippen molar-refractivity contribution in [1.29, 1.82) is 0 Å². The highest BCUT2D eigenvalue weighted by molar-refractivity contribution is 5.90. The fourth-order valence-corrected chi connectivity index (χ4v) is 1.53. The second-order valence-corrected chi connectivity index (χ2v) is 3.26. The van der Waals surface area contributed by atoms with Gasteiger partial charge in [0.05, 0.1) is 0 Å². The minimum Gasteiger partial charge on any atom is -0.481 e. The third-order valence-electron chi connectivity index (χ3n) is 2.11. The van der Waals surface area contributed by atoms with E-state index in [9.17, 15) is 4.79 Å². The van der Waals surface area contributed by atoms with Gasteiger partial charge >= 0.3 is 0 Å². The quantitative estimate of drug-likeness (QED) is 0.657. The summed E-state index contributed by atoms with van der Waals surface area (Å²) in [6.45, 7) is 1.08. The third kappa shape index (κ3) is 3.08. The van der Waals surface area contributed by atoms with Gasteiger partial charge in [0.2, 0.25) is 0 Å². The van der Waals surface area contributed by atoms with Crippen molar-refractivity contribution >= 4 is 17.5 Å². The fraction of sp³-hybridized carbons (Fsp3) is 0.250. The van der Waals surface area contributed by atoms with E-state index >= 15 is 0 Å². The Morgan fingerprint density at radius 2 is 1.93 bits per heavy atom. The maximum Gasteiger partial charge on any atom is 0.300 e. The van der Waals surface area contributed by atoms with E-state index in [0.717, 1.165) is 30.9 Å². The Balaban J connectivity index is 0.000000245. The number of rotatable bonds is 0. The molecule has 0 aliphatic heterocycles. The summed E-state index contributed by atoms with van der Waals surface area (Å²) in [4.78, 5) is 19.4. The Kier molecular flexibility index (Phi) is 3.83. The van der Waals surface area contributed by atoms with Crippen LogP contribution in [0.3, 0.4) is 0 Å². The molecule has 0 saturated heterocycles. The van der Waals surface area contributed by atoms with Crippen LogP contribution in [0.1, 0.15) is 24.5 Å². The molecule has 1 aliphatic carbocycles. The molecule has 78 valence electrons. The number of aryl methyl sites for hydroxylation is 1. The van der Waals surface area contributed by atoms with Crippen LogP contribution in [-0.4, -0.2) is 17.0 Å². The Labute approximate surface area is 88.0 Å². The molecule has 1 aliphatic rings. The molecule has 0 unspecified atom stereocenters. The van der Waals surface area contributed by atoms with Gasteiger partial charge in [-0.3, -0.25) is 4.79 Å². The molecule has 0 atom stereocenters. The number of aliphatic carboxylic acids is 1. The monoisotopic (exact) mass is 204 g/mol. The zero-order valence-electron chi connectivity index (χ0n) is 8.49. The molecule has 0 saturated carbocycles. The van der Waals surface area contributed by atoms with Crippen molar-refractivity contribution in [2.75, 3.05) is 0 Å².